The number of esters is 1. The molecule has 0 N–H and O–H groups in total. The molecule has 2 aromatic carbocycles. The van der Waals surface area contributed by atoms with Crippen LogP contribution in [-0.2, 0) is 6.42 Å². The molecule has 3 rings (SSSR count). The zero-order chi connectivity index (χ0) is 22.6. The summed E-state index contributed by atoms with van der Waals surface area (Å²) in [5, 5.41) is 0. The van der Waals surface area contributed by atoms with Crippen LogP contribution in [0.5, 0.6) is 17.2 Å². The van der Waals surface area contributed by atoms with E-state index in [1.807, 2.05) is 24.3 Å². The van der Waals surface area contributed by atoms with E-state index < -0.39 is 0 Å². The van der Waals surface area contributed by atoms with Gasteiger partial charge in [-0.1, -0.05) is 52.4 Å². The van der Waals surface area contributed by atoms with Gasteiger partial charge < -0.3 is 14.2 Å². The van der Waals surface area contributed by atoms with E-state index in [4.69, 9.17) is 14.2 Å². The van der Waals surface area contributed by atoms with Gasteiger partial charge in [-0.2, -0.15) is 0 Å². The predicted molar refractivity (Wildman–Crippen MR) is 129 cm³/mol. The van der Waals surface area contributed by atoms with Crippen molar-refractivity contribution in [3.63, 3.8) is 0 Å². The number of rotatable bonds is 13. The van der Waals surface area contributed by atoms with Crippen molar-refractivity contribution in [3.05, 3.63) is 53.6 Å². The molecule has 0 spiro atoms. The van der Waals surface area contributed by atoms with Crippen LogP contribution in [0.25, 0.3) is 0 Å². The highest BCUT2D eigenvalue weighted by Crippen LogP contribution is 2.31. The monoisotopic (exact) mass is 438 g/mol. The Morgan fingerprint density at radius 1 is 0.906 bits per heavy atom. The normalized spacial score (nSPS) is 15.0. The summed E-state index contributed by atoms with van der Waals surface area (Å²) in [5.74, 6) is 1.89. The number of aryl methyl sites for hydroxylation is 1. The second-order valence-electron chi connectivity index (χ2n) is 8.72. The molecule has 0 bridgehead atoms. The Balaban J connectivity index is 1.48. The number of hydrogen-bond acceptors (Lipinski definition) is 4. The molecule has 0 aromatic heterocycles. The van der Waals surface area contributed by atoms with Crippen LogP contribution in [0.2, 0.25) is 0 Å². The first kappa shape index (κ1) is 24.2. The smallest absolute Gasteiger partial charge is 0.343 e. The lowest BCUT2D eigenvalue weighted by Crippen LogP contribution is -2.23. The molecule has 0 saturated carbocycles. The summed E-state index contributed by atoms with van der Waals surface area (Å²) < 4.78 is 17.5. The van der Waals surface area contributed by atoms with E-state index in [0.29, 0.717) is 17.4 Å². The van der Waals surface area contributed by atoms with Crippen molar-refractivity contribution in [2.45, 2.75) is 90.6 Å². The van der Waals surface area contributed by atoms with Crippen molar-refractivity contribution in [3.8, 4) is 17.2 Å². The first-order chi connectivity index (χ1) is 15.7. The van der Waals surface area contributed by atoms with Crippen molar-refractivity contribution in [2.75, 3.05) is 6.61 Å². The molecular weight excluding hydrogens is 400 g/mol. The van der Waals surface area contributed by atoms with E-state index in [-0.39, 0.29) is 5.97 Å². The van der Waals surface area contributed by atoms with Crippen LogP contribution < -0.4 is 14.2 Å². The minimum atomic E-state index is -0.345. The topological polar surface area (TPSA) is 44.8 Å². The number of carbonyl (C=O) groups is 1. The Hall–Kier alpha value is -2.49. The quantitative estimate of drug-likeness (QED) is 0.184. The molecule has 1 aliphatic heterocycles. The van der Waals surface area contributed by atoms with E-state index in [2.05, 4.69) is 13.8 Å². The lowest BCUT2D eigenvalue weighted by atomic mass is 9.97. The van der Waals surface area contributed by atoms with Gasteiger partial charge in [0.2, 0.25) is 0 Å². The van der Waals surface area contributed by atoms with Gasteiger partial charge in [0.1, 0.15) is 17.2 Å². The molecule has 0 radical (unpaired) electrons. The second kappa shape index (κ2) is 13.1. The van der Waals surface area contributed by atoms with Gasteiger partial charge in [0.15, 0.2) is 0 Å². The third-order valence-electron chi connectivity index (χ3n) is 6.01. The summed E-state index contributed by atoms with van der Waals surface area (Å²) in [6, 6.07) is 12.9. The molecule has 4 nitrogen and oxygen atoms in total. The summed E-state index contributed by atoms with van der Waals surface area (Å²) >= 11 is 0. The highest BCUT2D eigenvalue weighted by molar-refractivity contribution is 5.91. The van der Waals surface area contributed by atoms with Gasteiger partial charge in [-0.15, -0.1) is 0 Å². The lowest BCUT2D eigenvalue weighted by molar-refractivity contribution is 0.0734. The van der Waals surface area contributed by atoms with Gasteiger partial charge in [-0.25, -0.2) is 4.79 Å². The molecule has 2 aromatic rings. The van der Waals surface area contributed by atoms with E-state index in [0.717, 1.165) is 49.4 Å². The van der Waals surface area contributed by atoms with Gasteiger partial charge in [0.25, 0.3) is 0 Å². The van der Waals surface area contributed by atoms with Crippen molar-refractivity contribution in [1.29, 1.82) is 0 Å². The first-order valence-electron chi connectivity index (χ1n) is 12.4. The Morgan fingerprint density at radius 3 is 2.38 bits per heavy atom. The van der Waals surface area contributed by atoms with E-state index in [9.17, 15) is 4.79 Å². The Kier molecular flexibility index (Phi) is 9.93. The fourth-order valence-corrected chi connectivity index (χ4v) is 4.06. The minimum absolute atomic E-state index is 0.296. The number of fused-ring (bicyclic) bond motifs is 1. The fourth-order valence-electron chi connectivity index (χ4n) is 4.06. The summed E-state index contributed by atoms with van der Waals surface area (Å²) in [4.78, 5) is 12.6. The number of ether oxygens (including phenoxy) is 3. The molecule has 1 aliphatic rings. The van der Waals surface area contributed by atoms with Crippen LogP contribution in [0.3, 0.4) is 0 Å². The number of unbranched alkanes of at least 4 members (excludes halogenated alkanes) is 6. The summed E-state index contributed by atoms with van der Waals surface area (Å²) in [5.41, 5.74) is 1.65. The predicted octanol–water partition coefficient (Wildman–Crippen LogP) is 7.53. The van der Waals surface area contributed by atoms with Crippen LogP contribution in [0.1, 0.15) is 94.0 Å². The minimum Gasteiger partial charge on any atom is -0.494 e. The highest BCUT2D eigenvalue weighted by atomic mass is 16.5. The van der Waals surface area contributed by atoms with Crippen molar-refractivity contribution in [1.82, 2.24) is 0 Å². The zero-order valence-corrected chi connectivity index (χ0v) is 19.7. The van der Waals surface area contributed by atoms with Gasteiger partial charge in [-0.05, 0) is 80.1 Å². The molecule has 1 unspecified atom stereocenters. The van der Waals surface area contributed by atoms with Crippen LogP contribution in [0.4, 0.5) is 0 Å². The average Bonchev–Trinajstić information content (AvgIpc) is 2.82. The van der Waals surface area contributed by atoms with E-state index in [1.54, 1.807) is 18.2 Å². The molecule has 4 heteroatoms. The molecular formula is C28H38O4. The van der Waals surface area contributed by atoms with Crippen LogP contribution in [-0.4, -0.2) is 18.7 Å². The average molecular weight is 439 g/mol. The van der Waals surface area contributed by atoms with Crippen molar-refractivity contribution in [2.24, 2.45) is 0 Å². The first-order valence-corrected chi connectivity index (χ1v) is 12.4. The SMILES string of the molecule is CCCCCCOc1ccc(OC(=O)c2ccc3c(c2)CCC(CCCCCC)O3)cc1. The van der Waals surface area contributed by atoms with Crippen molar-refractivity contribution < 1.29 is 19.0 Å². The maximum atomic E-state index is 12.6. The highest BCUT2D eigenvalue weighted by Gasteiger charge is 2.21. The molecule has 0 saturated heterocycles. The van der Waals surface area contributed by atoms with E-state index in [1.165, 1.54) is 44.9 Å². The number of hydrogen-bond donors (Lipinski definition) is 0. The Morgan fingerprint density at radius 2 is 1.62 bits per heavy atom. The van der Waals surface area contributed by atoms with Gasteiger partial charge in [0, 0.05) is 0 Å². The zero-order valence-electron chi connectivity index (χ0n) is 19.7. The Bertz CT molecular complexity index is 828. The largest absolute Gasteiger partial charge is 0.494 e. The maximum Gasteiger partial charge on any atom is 0.343 e. The van der Waals surface area contributed by atoms with Crippen LogP contribution in [0, 0.1) is 0 Å². The van der Waals surface area contributed by atoms with Crippen molar-refractivity contribution >= 4 is 5.97 Å². The lowest BCUT2D eigenvalue weighted by Gasteiger charge is -2.26. The summed E-state index contributed by atoms with van der Waals surface area (Å²) in [6.45, 7) is 5.15. The standard InChI is InChI=1S/C28H38O4/c1-3-5-7-9-11-25-14-12-22-21-23(13-19-27(22)31-25)28(29)32-26-17-15-24(16-18-26)30-20-10-8-6-4-2/h13,15-19,21,25H,3-12,14,20H2,1-2H3. The van der Waals surface area contributed by atoms with Crippen LogP contribution in [0.15, 0.2) is 42.5 Å². The molecule has 0 fully saturated rings. The fraction of sp³-hybridized carbons (Fsp3) is 0.536. The van der Waals surface area contributed by atoms with Gasteiger partial charge >= 0.3 is 5.97 Å². The maximum absolute atomic E-state index is 12.6. The molecule has 1 atom stereocenters. The second-order valence-corrected chi connectivity index (χ2v) is 8.72. The van der Waals surface area contributed by atoms with E-state index >= 15 is 0 Å². The Labute approximate surface area is 193 Å². The molecule has 1 heterocycles. The summed E-state index contributed by atoms with van der Waals surface area (Å²) in [6.07, 6.45) is 13.1. The molecule has 32 heavy (non-hydrogen) atoms. The van der Waals surface area contributed by atoms with Gasteiger partial charge in [-0.3, -0.25) is 0 Å². The molecule has 0 aliphatic carbocycles. The molecule has 174 valence electrons. The van der Waals surface area contributed by atoms with Gasteiger partial charge in [0.05, 0.1) is 18.3 Å². The third-order valence-corrected chi connectivity index (χ3v) is 6.01. The van der Waals surface area contributed by atoms with Crippen LogP contribution >= 0.6 is 0 Å². The third kappa shape index (κ3) is 7.58. The molecule has 0 amide bonds. The number of carbonyl (C=O) groups excluding carboxylic acids is 1. The number of benzene rings is 2. The summed E-state index contributed by atoms with van der Waals surface area (Å²) in [7, 11) is 0.